The fraction of sp³-hybridized carbons (Fsp3) is 0.750. The summed E-state index contributed by atoms with van der Waals surface area (Å²) in [5.74, 6) is -0.834. The lowest BCUT2D eigenvalue weighted by Gasteiger charge is -2.19. The molecule has 0 aliphatic heterocycles. The highest BCUT2D eigenvalue weighted by Gasteiger charge is 2.25. The van der Waals surface area contributed by atoms with Gasteiger partial charge in [0, 0.05) is 12.8 Å². The molecule has 0 radical (unpaired) electrons. The zero-order valence-corrected chi connectivity index (χ0v) is 32.2. The van der Waals surface area contributed by atoms with Crippen LogP contribution >= 0.6 is 7.82 Å². The van der Waals surface area contributed by atoms with Crippen LogP contribution in [0.15, 0.2) is 48.6 Å². The SMILES string of the molecule is CCCC/C=C\C/C=C\CCCCCCCC(=O)OCC(COP(=O)(O)OCC)OC(=O)CCCCCCC/C=C\C/C=C\CCCCC. The summed E-state index contributed by atoms with van der Waals surface area (Å²) in [6, 6.07) is 0. The number of allylic oxidation sites excluding steroid dienone is 8. The molecule has 0 aromatic heterocycles. The van der Waals surface area contributed by atoms with E-state index in [1.807, 2.05) is 0 Å². The molecule has 0 heterocycles. The van der Waals surface area contributed by atoms with Gasteiger partial charge in [-0.2, -0.15) is 0 Å². The van der Waals surface area contributed by atoms with Crippen LogP contribution in [0.4, 0.5) is 0 Å². The largest absolute Gasteiger partial charge is 0.472 e. The molecule has 0 aromatic carbocycles. The maximum absolute atomic E-state index is 12.5. The zero-order chi connectivity index (χ0) is 36.1. The van der Waals surface area contributed by atoms with E-state index in [9.17, 15) is 19.0 Å². The number of ether oxygens (including phenoxy) is 2. The molecular weight excluding hydrogens is 639 g/mol. The molecule has 0 bridgehead atoms. The van der Waals surface area contributed by atoms with Crippen LogP contribution in [0.1, 0.15) is 168 Å². The van der Waals surface area contributed by atoms with Crippen LogP contribution in [0.3, 0.4) is 0 Å². The van der Waals surface area contributed by atoms with E-state index in [1.165, 1.54) is 44.9 Å². The highest BCUT2D eigenvalue weighted by atomic mass is 31.2. The summed E-state index contributed by atoms with van der Waals surface area (Å²) in [6.45, 7) is 5.35. The Balaban J connectivity index is 4.20. The summed E-state index contributed by atoms with van der Waals surface area (Å²) in [5, 5.41) is 0. The van der Waals surface area contributed by atoms with E-state index in [0.29, 0.717) is 6.42 Å². The van der Waals surface area contributed by atoms with Crippen LogP contribution in [-0.4, -0.2) is 42.8 Å². The lowest BCUT2D eigenvalue weighted by Crippen LogP contribution is -2.29. The van der Waals surface area contributed by atoms with Crippen molar-refractivity contribution in [2.45, 2.75) is 175 Å². The standard InChI is InChI=1S/C40H71O8P/c1-4-7-9-11-13-15-17-19-21-23-25-27-29-31-33-35-40(42)48-38(37-47-49(43,44)46-6-3)36-45-39(41)34-32-30-28-26-24-22-20-18-16-14-12-10-8-5-2/h12-15,18-21,38H,4-11,16-17,22-37H2,1-3H3,(H,43,44)/b14-12-,15-13-,20-18-,21-19-. The third-order valence-electron chi connectivity index (χ3n) is 7.86. The van der Waals surface area contributed by atoms with Crippen molar-refractivity contribution in [3.8, 4) is 0 Å². The Kier molecular flexibility index (Phi) is 34.4. The molecule has 0 fully saturated rings. The molecule has 49 heavy (non-hydrogen) atoms. The maximum Gasteiger partial charge on any atom is 0.472 e. The van der Waals surface area contributed by atoms with Crippen LogP contribution in [0.25, 0.3) is 0 Å². The third kappa shape index (κ3) is 35.6. The normalized spacial score (nSPS) is 14.0. The monoisotopic (exact) mass is 710 g/mol. The number of carbonyl (C=O) groups is 2. The Bertz CT molecular complexity index is 943. The molecule has 0 aliphatic rings. The van der Waals surface area contributed by atoms with E-state index < -0.39 is 26.5 Å². The molecule has 0 aromatic rings. The predicted octanol–water partition coefficient (Wildman–Crippen LogP) is 11.8. The van der Waals surface area contributed by atoms with Crippen molar-refractivity contribution in [1.29, 1.82) is 0 Å². The number of esters is 2. The minimum atomic E-state index is -4.28. The Morgan fingerprint density at radius 3 is 1.51 bits per heavy atom. The minimum Gasteiger partial charge on any atom is -0.462 e. The second kappa shape index (κ2) is 35.8. The van der Waals surface area contributed by atoms with Gasteiger partial charge >= 0.3 is 19.8 Å². The van der Waals surface area contributed by atoms with Crippen molar-refractivity contribution in [2.24, 2.45) is 0 Å². The second-order valence-corrected chi connectivity index (χ2v) is 14.0. The van der Waals surface area contributed by atoms with Gasteiger partial charge in [-0.15, -0.1) is 0 Å². The highest BCUT2D eigenvalue weighted by molar-refractivity contribution is 7.47. The Morgan fingerprint density at radius 2 is 1.00 bits per heavy atom. The molecule has 0 spiro atoms. The topological polar surface area (TPSA) is 108 Å². The summed E-state index contributed by atoms with van der Waals surface area (Å²) in [6.07, 6.45) is 40.1. The van der Waals surface area contributed by atoms with Gasteiger partial charge < -0.3 is 14.4 Å². The molecule has 2 unspecified atom stereocenters. The molecule has 284 valence electrons. The van der Waals surface area contributed by atoms with Crippen molar-refractivity contribution in [2.75, 3.05) is 19.8 Å². The van der Waals surface area contributed by atoms with E-state index in [2.05, 4.69) is 62.5 Å². The quantitative estimate of drug-likeness (QED) is 0.0300. The molecule has 1 N–H and O–H groups in total. The van der Waals surface area contributed by atoms with Crippen LogP contribution in [0.5, 0.6) is 0 Å². The second-order valence-electron chi connectivity index (χ2n) is 12.6. The van der Waals surface area contributed by atoms with Gasteiger partial charge in [-0.1, -0.05) is 127 Å². The van der Waals surface area contributed by atoms with Gasteiger partial charge in [0.1, 0.15) is 6.61 Å². The van der Waals surface area contributed by atoms with Crippen molar-refractivity contribution in [3.63, 3.8) is 0 Å². The smallest absolute Gasteiger partial charge is 0.462 e. The number of hydrogen-bond acceptors (Lipinski definition) is 7. The summed E-state index contributed by atoms with van der Waals surface area (Å²) in [5.41, 5.74) is 0. The van der Waals surface area contributed by atoms with Gasteiger partial charge in [0.15, 0.2) is 6.10 Å². The van der Waals surface area contributed by atoms with Gasteiger partial charge in [0.2, 0.25) is 0 Å². The lowest BCUT2D eigenvalue weighted by molar-refractivity contribution is -0.161. The molecule has 0 saturated carbocycles. The van der Waals surface area contributed by atoms with E-state index in [0.717, 1.165) is 83.5 Å². The Hall–Kier alpha value is -1.99. The lowest BCUT2D eigenvalue weighted by atomic mass is 10.1. The van der Waals surface area contributed by atoms with E-state index in [1.54, 1.807) is 6.92 Å². The first-order chi connectivity index (χ1) is 23.8. The van der Waals surface area contributed by atoms with Gasteiger partial charge in [-0.05, 0) is 77.6 Å². The minimum absolute atomic E-state index is 0.00641. The molecule has 8 nitrogen and oxygen atoms in total. The Morgan fingerprint density at radius 1 is 0.551 bits per heavy atom. The summed E-state index contributed by atoms with van der Waals surface area (Å²) >= 11 is 0. The van der Waals surface area contributed by atoms with Gasteiger partial charge in [0.25, 0.3) is 0 Å². The average molecular weight is 711 g/mol. The van der Waals surface area contributed by atoms with Crippen molar-refractivity contribution >= 4 is 19.8 Å². The van der Waals surface area contributed by atoms with Crippen LogP contribution in [0.2, 0.25) is 0 Å². The number of unbranched alkanes of at least 4 members (excludes halogenated alkanes) is 15. The zero-order valence-electron chi connectivity index (χ0n) is 31.3. The van der Waals surface area contributed by atoms with Crippen molar-refractivity contribution in [3.05, 3.63) is 48.6 Å². The molecule has 0 rings (SSSR count). The molecule has 9 heteroatoms. The molecule has 0 aliphatic carbocycles. The van der Waals surface area contributed by atoms with Crippen molar-refractivity contribution in [1.82, 2.24) is 0 Å². The van der Waals surface area contributed by atoms with Gasteiger partial charge in [-0.3, -0.25) is 18.6 Å². The summed E-state index contributed by atoms with van der Waals surface area (Å²) in [7, 11) is -4.28. The van der Waals surface area contributed by atoms with Gasteiger partial charge in [-0.25, -0.2) is 4.57 Å². The van der Waals surface area contributed by atoms with Gasteiger partial charge in [0.05, 0.1) is 13.2 Å². The average Bonchev–Trinajstić information content (AvgIpc) is 3.07. The first kappa shape index (κ1) is 47.0. The number of phosphoric acid groups is 1. The molecule has 0 amide bonds. The predicted molar refractivity (Wildman–Crippen MR) is 202 cm³/mol. The number of rotatable bonds is 35. The number of carbonyl (C=O) groups excluding carboxylic acids is 2. The van der Waals surface area contributed by atoms with Crippen LogP contribution in [0, 0.1) is 0 Å². The first-order valence-electron chi connectivity index (χ1n) is 19.4. The fourth-order valence-electron chi connectivity index (χ4n) is 4.97. The maximum atomic E-state index is 12.5. The number of hydrogen-bond donors (Lipinski definition) is 1. The molecular formula is C40H71O8P. The van der Waals surface area contributed by atoms with Crippen molar-refractivity contribution < 1.29 is 37.6 Å². The molecule has 2 atom stereocenters. The fourth-order valence-corrected chi connectivity index (χ4v) is 5.72. The van der Waals surface area contributed by atoms with Crippen LogP contribution < -0.4 is 0 Å². The highest BCUT2D eigenvalue weighted by Crippen LogP contribution is 2.43. The van der Waals surface area contributed by atoms with E-state index in [-0.39, 0.29) is 32.0 Å². The molecule has 0 saturated heterocycles. The number of phosphoric ester groups is 1. The summed E-state index contributed by atoms with van der Waals surface area (Å²) < 4.78 is 32.5. The van der Waals surface area contributed by atoms with E-state index in [4.69, 9.17) is 18.5 Å². The third-order valence-corrected chi connectivity index (χ3v) is 8.92. The summed E-state index contributed by atoms with van der Waals surface area (Å²) in [4.78, 5) is 34.6. The first-order valence-corrected chi connectivity index (χ1v) is 20.9. The Labute approximate surface area is 299 Å². The van der Waals surface area contributed by atoms with Crippen LogP contribution in [-0.2, 0) is 32.7 Å². The van der Waals surface area contributed by atoms with E-state index >= 15 is 0 Å².